The third-order valence-electron chi connectivity index (χ3n) is 4.45. The Morgan fingerprint density at radius 2 is 1.64 bits per heavy atom. The molecule has 0 amide bonds. The maximum Gasteiger partial charge on any atom is 0.330 e. The number of methoxy groups -OCH3 is 2. The standard InChI is InChI=1S/C21H21N3O4S.C2H4O2/c1-27-17-9-15(13-7-8-29-11-13)16(10-18(17)28-2)19(21(25)26)24-14-5-3-12(4-6-14)20(22)23;1-2(3)4/h3-11,19,24H,1-2H3,(H3,22,23)(H,25,26);1H3,(H,3,4). The minimum atomic E-state index is -1.04. The van der Waals surface area contributed by atoms with Gasteiger partial charge in [-0.1, -0.05) is 0 Å². The number of thiophene rings is 1. The van der Waals surface area contributed by atoms with Gasteiger partial charge in [0.15, 0.2) is 17.5 Å². The molecule has 1 unspecified atom stereocenters. The van der Waals surface area contributed by atoms with Crippen molar-refractivity contribution in [3.05, 3.63) is 64.4 Å². The first-order chi connectivity index (χ1) is 15.7. The van der Waals surface area contributed by atoms with Crippen LogP contribution in [0.4, 0.5) is 5.69 Å². The Kier molecular flexibility index (Phi) is 8.81. The summed E-state index contributed by atoms with van der Waals surface area (Å²) < 4.78 is 10.8. The number of hydrogen-bond acceptors (Lipinski definition) is 7. The molecule has 0 fully saturated rings. The van der Waals surface area contributed by atoms with Crippen molar-refractivity contribution in [1.29, 1.82) is 5.41 Å². The van der Waals surface area contributed by atoms with Crippen molar-refractivity contribution in [3.8, 4) is 22.6 Å². The van der Waals surface area contributed by atoms with E-state index in [0.29, 0.717) is 28.3 Å². The van der Waals surface area contributed by atoms with Gasteiger partial charge in [-0.2, -0.15) is 11.3 Å². The zero-order chi connectivity index (χ0) is 24.5. The molecule has 33 heavy (non-hydrogen) atoms. The highest BCUT2D eigenvalue weighted by atomic mass is 32.1. The first kappa shape index (κ1) is 25.2. The van der Waals surface area contributed by atoms with Gasteiger partial charge < -0.3 is 30.7 Å². The average Bonchev–Trinajstić information content (AvgIpc) is 3.31. The molecule has 0 saturated carbocycles. The van der Waals surface area contributed by atoms with Crippen LogP contribution in [-0.2, 0) is 9.59 Å². The third-order valence-corrected chi connectivity index (χ3v) is 5.14. The topological polar surface area (TPSA) is 155 Å². The van der Waals surface area contributed by atoms with Crippen LogP contribution in [-0.4, -0.2) is 42.2 Å². The van der Waals surface area contributed by atoms with Gasteiger partial charge in [0.05, 0.1) is 14.2 Å². The summed E-state index contributed by atoms with van der Waals surface area (Å²) in [4.78, 5) is 21.2. The van der Waals surface area contributed by atoms with Gasteiger partial charge in [-0.3, -0.25) is 10.2 Å². The molecule has 0 aliphatic rings. The van der Waals surface area contributed by atoms with Crippen molar-refractivity contribution in [2.75, 3.05) is 19.5 Å². The van der Waals surface area contributed by atoms with Crippen LogP contribution in [0, 0.1) is 5.41 Å². The Bertz CT molecular complexity index is 1110. The van der Waals surface area contributed by atoms with E-state index in [-0.39, 0.29) is 5.84 Å². The number of amidine groups is 1. The minimum absolute atomic E-state index is 0.0500. The summed E-state index contributed by atoms with van der Waals surface area (Å²) in [5.74, 6) is -0.954. The fourth-order valence-electron chi connectivity index (χ4n) is 2.99. The summed E-state index contributed by atoms with van der Waals surface area (Å²) in [6.45, 7) is 1.08. The van der Waals surface area contributed by atoms with Crippen molar-refractivity contribution >= 4 is 34.8 Å². The van der Waals surface area contributed by atoms with Crippen LogP contribution in [0.5, 0.6) is 11.5 Å². The lowest BCUT2D eigenvalue weighted by molar-refractivity contribution is -0.138. The lowest BCUT2D eigenvalue weighted by Crippen LogP contribution is -2.21. The van der Waals surface area contributed by atoms with Gasteiger partial charge in [-0.15, -0.1) is 0 Å². The molecule has 2 aromatic carbocycles. The number of anilines is 1. The average molecular weight is 472 g/mol. The highest BCUT2D eigenvalue weighted by Crippen LogP contribution is 2.40. The number of hydrogen-bond donors (Lipinski definition) is 5. The number of nitrogens with one attached hydrogen (secondary N) is 2. The molecule has 3 rings (SSSR count). The number of nitrogens with two attached hydrogens (primary N) is 1. The van der Waals surface area contributed by atoms with Crippen LogP contribution < -0.4 is 20.5 Å². The fraction of sp³-hybridized carbons (Fsp3) is 0.174. The third kappa shape index (κ3) is 6.71. The van der Waals surface area contributed by atoms with Gasteiger partial charge in [-0.25, -0.2) is 4.79 Å². The molecule has 174 valence electrons. The molecule has 0 spiro atoms. The molecular formula is C23H25N3O6S. The molecule has 6 N–H and O–H groups in total. The molecule has 1 atom stereocenters. The number of aliphatic carboxylic acids is 2. The molecule has 0 aliphatic carbocycles. The Labute approximate surface area is 194 Å². The number of benzene rings is 2. The minimum Gasteiger partial charge on any atom is -0.493 e. The second-order valence-electron chi connectivity index (χ2n) is 6.73. The molecule has 3 aromatic rings. The number of carboxylic acids is 2. The lowest BCUT2D eigenvalue weighted by atomic mass is 9.95. The van der Waals surface area contributed by atoms with Crippen molar-refractivity contribution in [3.63, 3.8) is 0 Å². The summed E-state index contributed by atoms with van der Waals surface area (Å²) in [5, 5.41) is 31.8. The second kappa shape index (κ2) is 11.5. The first-order valence-electron chi connectivity index (χ1n) is 9.59. The van der Waals surface area contributed by atoms with Gasteiger partial charge in [0.25, 0.3) is 5.97 Å². The Balaban J connectivity index is 0.000000890. The monoisotopic (exact) mass is 471 g/mol. The number of ether oxygens (including phenoxy) is 2. The number of nitrogen functional groups attached to an aromatic ring is 1. The Morgan fingerprint density at radius 3 is 2.09 bits per heavy atom. The summed E-state index contributed by atoms with van der Waals surface area (Å²) in [6.07, 6.45) is 0. The summed E-state index contributed by atoms with van der Waals surface area (Å²) in [6, 6.07) is 11.1. The highest BCUT2D eigenvalue weighted by Gasteiger charge is 2.26. The van der Waals surface area contributed by atoms with E-state index >= 15 is 0 Å². The zero-order valence-electron chi connectivity index (χ0n) is 18.3. The van der Waals surface area contributed by atoms with Gasteiger partial charge in [-0.05, 0) is 69.9 Å². The van der Waals surface area contributed by atoms with Crippen LogP contribution in [0.15, 0.2) is 53.2 Å². The molecule has 0 saturated heterocycles. The zero-order valence-corrected chi connectivity index (χ0v) is 19.1. The van der Waals surface area contributed by atoms with Crippen molar-refractivity contribution < 1.29 is 29.3 Å². The van der Waals surface area contributed by atoms with Crippen molar-refractivity contribution in [2.24, 2.45) is 5.73 Å². The second-order valence-corrected chi connectivity index (χ2v) is 7.51. The molecule has 9 nitrogen and oxygen atoms in total. The van der Waals surface area contributed by atoms with Crippen LogP contribution in [0.1, 0.15) is 24.1 Å². The summed E-state index contributed by atoms with van der Waals surface area (Å²) in [7, 11) is 3.05. The smallest absolute Gasteiger partial charge is 0.330 e. The fourth-order valence-corrected chi connectivity index (χ4v) is 3.64. The van der Waals surface area contributed by atoms with Crippen molar-refractivity contribution in [2.45, 2.75) is 13.0 Å². The maximum atomic E-state index is 12.2. The Hall–Kier alpha value is -4.05. The van der Waals surface area contributed by atoms with Crippen LogP contribution in [0.3, 0.4) is 0 Å². The van der Waals surface area contributed by atoms with E-state index in [9.17, 15) is 9.90 Å². The maximum absolute atomic E-state index is 12.2. The Morgan fingerprint density at radius 1 is 1.06 bits per heavy atom. The van der Waals surface area contributed by atoms with E-state index in [0.717, 1.165) is 18.1 Å². The number of carbonyl (C=O) groups is 2. The molecule has 1 heterocycles. The molecule has 1 aromatic heterocycles. The van der Waals surface area contributed by atoms with E-state index in [4.69, 9.17) is 30.5 Å². The van der Waals surface area contributed by atoms with E-state index in [1.165, 1.54) is 18.4 Å². The van der Waals surface area contributed by atoms with Gasteiger partial charge in [0, 0.05) is 18.2 Å². The molecular weight excluding hydrogens is 446 g/mol. The SMILES string of the molecule is CC(=O)O.COc1cc(-c2ccsc2)c(C(Nc2ccc(C(=N)N)cc2)C(=O)O)cc1OC. The highest BCUT2D eigenvalue weighted by molar-refractivity contribution is 7.08. The predicted octanol–water partition coefficient (Wildman–Crippen LogP) is 4.05. The van der Waals surface area contributed by atoms with E-state index < -0.39 is 18.0 Å². The normalized spacial score (nSPS) is 10.9. The van der Waals surface area contributed by atoms with E-state index in [1.807, 2.05) is 16.8 Å². The number of rotatable bonds is 8. The number of carboxylic acid groups (broad SMARTS) is 2. The lowest BCUT2D eigenvalue weighted by Gasteiger charge is -2.21. The summed E-state index contributed by atoms with van der Waals surface area (Å²) in [5.41, 5.74) is 8.82. The van der Waals surface area contributed by atoms with Crippen LogP contribution >= 0.6 is 11.3 Å². The van der Waals surface area contributed by atoms with Gasteiger partial charge >= 0.3 is 5.97 Å². The van der Waals surface area contributed by atoms with E-state index in [1.54, 1.807) is 43.5 Å². The molecule has 0 bridgehead atoms. The predicted molar refractivity (Wildman–Crippen MR) is 128 cm³/mol. The van der Waals surface area contributed by atoms with Crippen LogP contribution in [0.2, 0.25) is 0 Å². The largest absolute Gasteiger partial charge is 0.493 e. The van der Waals surface area contributed by atoms with Crippen LogP contribution in [0.25, 0.3) is 11.1 Å². The first-order valence-corrected chi connectivity index (χ1v) is 10.5. The van der Waals surface area contributed by atoms with Gasteiger partial charge in [0.2, 0.25) is 0 Å². The quantitative estimate of drug-likeness (QED) is 0.243. The summed E-state index contributed by atoms with van der Waals surface area (Å²) >= 11 is 1.52. The van der Waals surface area contributed by atoms with Gasteiger partial charge in [0.1, 0.15) is 5.84 Å². The van der Waals surface area contributed by atoms with E-state index in [2.05, 4.69) is 5.32 Å². The van der Waals surface area contributed by atoms with Crippen molar-refractivity contribution in [1.82, 2.24) is 0 Å². The molecule has 0 radical (unpaired) electrons. The molecule has 0 aliphatic heterocycles. The molecule has 10 heteroatoms.